The van der Waals surface area contributed by atoms with Crippen molar-refractivity contribution < 1.29 is 4.79 Å². The van der Waals surface area contributed by atoms with E-state index in [1.807, 2.05) is 0 Å². The molecule has 0 radical (unpaired) electrons. The van der Waals surface area contributed by atoms with E-state index in [1.165, 1.54) is 9.75 Å². The van der Waals surface area contributed by atoms with Crippen molar-refractivity contribution >= 4 is 17.1 Å². The van der Waals surface area contributed by atoms with E-state index in [-0.39, 0.29) is 0 Å². The lowest BCUT2D eigenvalue weighted by atomic mass is 10.1. The van der Waals surface area contributed by atoms with Crippen molar-refractivity contribution in [2.24, 2.45) is 0 Å². The maximum absolute atomic E-state index is 11.9. The van der Waals surface area contributed by atoms with Gasteiger partial charge in [-0.05, 0) is 43.4 Å². The Morgan fingerprint density at radius 2 is 2.20 bits per heavy atom. The number of carbonyl (C=O) groups excluding carboxylic acids is 1. The molecule has 1 aliphatic carbocycles. The smallest absolute Gasteiger partial charge is 0.163 e. The van der Waals surface area contributed by atoms with E-state index in [0.717, 1.165) is 31.3 Å². The number of carbonyl (C=O) groups is 1. The predicted octanol–water partition coefficient (Wildman–Crippen LogP) is 3.53. The summed E-state index contributed by atoms with van der Waals surface area (Å²) in [7, 11) is 0. The van der Waals surface area contributed by atoms with Crippen LogP contribution in [0.3, 0.4) is 0 Å². The van der Waals surface area contributed by atoms with Gasteiger partial charge in [-0.25, -0.2) is 0 Å². The zero-order chi connectivity index (χ0) is 10.7. The van der Waals surface area contributed by atoms with Gasteiger partial charge in [0.1, 0.15) is 0 Å². The number of hydrogen-bond acceptors (Lipinski definition) is 2. The highest BCUT2D eigenvalue weighted by atomic mass is 32.1. The second-order valence-electron chi connectivity index (χ2n) is 3.94. The number of allylic oxidation sites excluding steroid dienone is 2. The normalized spacial score (nSPS) is 15.4. The van der Waals surface area contributed by atoms with Crippen LogP contribution in [0.5, 0.6) is 0 Å². The number of Topliss-reactive ketones (excluding diaryl/α,β-unsaturated/α-hetero) is 1. The van der Waals surface area contributed by atoms with Crippen LogP contribution in [0.1, 0.15) is 35.9 Å². The Morgan fingerprint density at radius 3 is 2.80 bits per heavy atom. The minimum absolute atomic E-state index is 0.331. The summed E-state index contributed by atoms with van der Waals surface area (Å²) in [5, 5.41) is 0. The van der Waals surface area contributed by atoms with Crippen molar-refractivity contribution in [1.82, 2.24) is 0 Å². The Labute approximate surface area is 94.8 Å². The summed E-state index contributed by atoms with van der Waals surface area (Å²) >= 11 is 1.77. The van der Waals surface area contributed by atoms with Gasteiger partial charge in [0.15, 0.2) is 5.78 Å². The Balaban J connectivity index is 1.99. The number of rotatable bonds is 4. The molecule has 0 fully saturated rings. The predicted molar refractivity (Wildman–Crippen MR) is 64.3 cm³/mol. The Morgan fingerprint density at radius 1 is 1.40 bits per heavy atom. The summed E-state index contributed by atoms with van der Waals surface area (Å²) < 4.78 is 0. The monoisotopic (exact) mass is 220 g/mol. The van der Waals surface area contributed by atoms with Gasteiger partial charge < -0.3 is 0 Å². The Hall–Kier alpha value is -0.890. The first kappa shape index (κ1) is 10.6. The molecule has 1 aromatic rings. The third-order valence-electron chi connectivity index (χ3n) is 2.80. The summed E-state index contributed by atoms with van der Waals surface area (Å²) in [6.07, 6.45) is 7.02. The highest BCUT2D eigenvalue weighted by Gasteiger charge is 2.14. The highest BCUT2D eigenvalue weighted by molar-refractivity contribution is 7.12. The van der Waals surface area contributed by atoms with Gasteiger partial charge in [0, 0.05) is 16.2 Å². The molecule has 0 aliphatic heterocycles. The van der Waals surface area contributed by atoms with Crippen LogP contribution in [-0.2, 0) is 17.6 Å². The van der Waals surface area contributed by atoms with Crippen LogP contribution in [0.15, 0.2) is 23.8 Å². The van der Waals surface area contributed by atoms with Crippen LogP contribution in [0.2, 0.25) is 0 Å². The molecule has 0 aromatic carbocycles. The van der Waals surface area contributed by atoms with E-state index in [0.29, 0.717) is 12.2 Å². The molecule has 80 valence electrons. The van der Waals surface area contributed by atoms with Gasteiger partial charge in [0.25, 0.3) is 0 Å². The van der Waals surface area contributed by atoms with E-state index < -0.39 is 0 Å². The van der Waals surface area contributed by atoms with Gasteiger partial charge in [0.05, 0.1) is 0 Å². The zero-order valence-electron chi connectivity index (χ0n) is 9.08. The van der Waals surface area contributed by atoms with Crippen molar-refractivity contribution in [3.63, 3.8) is 0 Å². The van der Waals surface area contributed by atoms with E-state index in [4.69, 9.17) is 0 Å². The largest absolute Gasteiger partial charge is 0.294 e. The van der Waals surface area contributed by atoms with Crippen LogP contribution >= 0.6 is 11.3 Å². The fourth-order valence-corrected chi connectivity index (χ4v) is 2.86. The number of thiophene rings is 1. The minimum Gasteiger partial charge on any atom is -0.294 e. The summed E-state index contributed by atoms with van der Waals surface area (Å²) in [4.78, 5) is 14.4. The van der Waals surface area contributed by atoms with Crippen LogP contribution in [-0.4, -0.2) is 5.78 Å². The third kappa shape index (κ3) is 2.57. The van der Waals surface area contributed by atoms with Gasteiger partial charge >= 0.3 is 0 Å². The quantitative estimate of drug-likeness (QED) is 0.758. The molecule has 2 heteroatoms. The molecule has 1 aromatic heterocycles. The second kappa shape index (κ2) is 4.75. The molecule has 0 unspecified atom stereocenters. The van der Waals surface area contributed by atoms with Gasteiger partial charge in [-0.3, -0.25) is 4.79 Å². The third-order valence-corrected chi connectivity index (χ3v) is 4.03. The minimum atomic E-state index is 0.331. The molecule has 1 nitrogen and oxygen atoms in total. The maximum atomic E-state index is 11.9. The average molecular weight is 220 g/mol. The molecular weight excluding hydrogens is 204 g/mol. The van der Waals surface area contributed by atoms with Crippen LogP contribution < -0.4 is 0 Å². The summed E-state index contributed by atoms with van der Waals surface area (Å²) in [5.41, 5.74) is 1.06. The molecule has 0 bridgehead atoms. The SMILES string of the molecule is CCc1ccc(CC(=O)C2=CCCC2)s1. The highest BCUT2D eigenvalue weighted by Crippen LogP contribution is 2.23. The second-order valence-corrected chi connectivity index (χ2v) is 5.20. The van der Waals surface area contributed by atoms with Gasteiger partial charge in [0.2, 0.25) is 0 Å². The van der Waals surface area contributed by atoms with Crippen molar-refractivity contribution in [1.29, 1.82) is 0 Å². The van der Waals surface area contributed by atoms with Gasteiger partial charge in [-0.2, -0.15) is 0 Å². The van der Waals surface area contributed by atoms with Crippen molar-refractivity contribution in [2.75, 3.05) is 0 Å². The molecule has 0 spiro atoms. The molecule has 1 heterocycles. The first-order valence-corrected chi connectivity index (χ1v) is 6.41. The number of hydrogen-bond donors (Lipinski definition) is 0. The van der Waals surface area contributed by atoms with E-state index >= 15 is 0 Å². The molecule has 0 atom stereocenters. The molecule has 0 saturated heterocycles. The van der Waals surface area contributed by atoms with E-state index in [2.05, 4.69) is 25.1 Å². The standard InChI is InChI=1S/C13H16OS/c1-2-11-7-8-12(15-11)9-13(14)10-5-3-4-6-10/h5,7-8H,2-4,6,9H2,1H3. The zero-order valence-corrected chi connectivity index (χ0v) is 9.90. The molecule has 0 N–H and O–H groups in total. The molecule has 15 heavy (non-hydrogen) atoms. The van der Waals surface area contributed by atoms with Crippen molar-refractivity contribution in [2.45, 2.75) is 39.0 Å². The van der Waals surface area contributed by atoms with Crippen molar-refractivity contribution in [3.8, 4) is 0 Å². The molecule has 2 rings (SSSR count). The molecular formula is C13H16OS. The molecule has 1 aliphatic rings. The lowest BCUT2D eigenvalue weighted by molar-refractivity contribution is -0.115. The van der Waals surface area contributed by atoms with E-state index in [1.54, 1.807) is 11.3 Å². The van der Waals surface area contributed by atoms with Gasteiger partial charge in [-0.1, -0.05) is 13.0 Å². The van der Waals surface area contributed by atoms with E-state index in [9.17, 15) is 4.79 Å². The first-order valence-electron chi connectivity index (χ1n) is 5.59. The van der Waals surface area contributed by atoms with Crippen LogP contribution in [0.4, 0.5) is 0 Å². The Bertz CT molecular complexity index is 387. The first-order chi connectivity index (χ1) is 7.29. The van der Waals surface area contributed by atoms with Gasteiger partial charge in [-0.15, -0.1) is 11.3 Å². The fourth-order valence-electron chi connectivity index (χ4n) is 1.90. The number of ketones is 1. The Kier molecular flexibility index (Phi) is 3.37. The molecule has 0 saturated carbocycles. The maximum Gasteiger partial charge on any atom is 0.163 e. The fraction of sp³-hybridized carbons (Fsp3) is 0.462. The van der Waals surface area contributed by atoms with Crippen molar-refractivity contribution in [3.05, 3.63) is 33.5 Å². The summed E-state index contributed by atoms with van der Waals surface area (Å²) in [6.45, 7) is 2.15. The average Bonchev–Trinajstić information content (AvgIpc) is 2.87. The topological polar surface area (TPSA) is 17.1 Å². The lowest BCUT2D eigenvalue weighted by Gasteiger charge is -1.98. The lowest BCUT2D eigenvalue weighted by Crippen LogP contribution is -2.03. The van der Waals surface area contributed by atoms with Crippen LogP contribution in [0.25, 0.3) is 0 Å². The summed E-state index contributed by atoms with van der Waals surface area (Å²) in [5.74, 6) is 0.331. The summed E-state index contributed by atoms with van der Waals surface area (Å²) in [6, 6.07) is 4.23. The van der Waals surface area contributed by atoms with Crippen LogP contribution in [0, 0.1) is 0 Å². The number of aryl methyl sites for hydroxylation is 1. The molecule has 0 amide bonds.